The lowest BCUT2D eigenvalue weighted by atomic mass is 9.92. The summed E-state index contributed by atoms with van der Waals surface area (Å²) in [6, 6.07) is 14.3. The topological polar surface area (TPSA) is 132 Å². The first-order chi connectivity index (χ1) is 25.6. The van der Waals surface area contributed by atoms with E-state index in [1.54, 1.807) is 43.2 Å². The van der Waals surface area contributed by atoms with Gasteiger partial charge in [-0.2, -0.15) is 10.2 Å². The molecule has 14 heteroatoms. The highest BCUT2D eigenvalue weighted by Crippen LogP contribution is 2.44. The van der Waals surface area contributed by atoms with Crippen LogP contribution in [0.3, 0.4) is 0 Å². The van der Waals surface area contributed by atoms with E-state index in [0.717, 1.165) is 78.2 Å². The second kappa shape index (κ2) is 14.1. The molecule has 0 bridgehead atoms. The van der Waals surface area contributed by atoms with Crippen LogP contribution in [0.4, 0.5) is 20.3 Å². The van der Waals surface area contributed by atoms with Crippen molar-refractivity contribution in [2.24, 2.45) is 7.05 Å². The minimum Gasteiger partial charge on any atom is -0.490 e. The van der Waals surface area contributed by atoms with Crippen LogP contribution in [0.5, 0.6) is 5.75 Å². The molecule has 0 saturated heterocycles. The molecule has 0 atom stereocenters. The maximum Gasteiger partial charge on any atom is 0.356 e. The molecule has 1 fully saturated rings. The Morgan fingerprint density at radius 1 is 0.962 bits per heavy atom. The molecule has 2 aliphatic heterocycles. The van der Waals surface area contributed by atoms with Gasteiger partial charge < -0.3 is 19.6 Å². The van der Waals surface area contributed by atoms with Crippen molar-refractivity contribution in [3.05, 3.63) is 89.0 Å². The molecule has 2 aromatic carbocycles. The fourth-order valence-electron chi connectivity index (χ4n) is 7.98. The van der Waals surface area contributed by atoms with E-state index in [1.165, 1.54) is 6.07 Å². The van der Waals surface area contributed by atoms with Gasteiger partial charge in [0.2, 0.25) is 5.91 Å². The Bertz CT molecular complexity index is 2160. The molecule has 3 aromatic heterocycles. The van der Waals surface area contributed by atoms with Crippen molar-refractivity contribution in [2.45, 2.75) is 77.0 Å². The Morgan fingerprint density at radius 3 is 2.42 bits per heavy atom. The van der Waals surface area contributed by atoms with Crippen LogP contribution in [0, 0.1) is 0 Å². The smallest absolute Gasteiger partial charge is 0.356 e. The molecule has 3 aliphatic rings. The fraction of sp³-hybridized carbons (Fsp3) is 0.385. The predicted octanol–water partition coefficient (Wildman–Crippen LogP) is 6.93. The van der Waals surface area contributed by atoms with Crippen LogP contribution < -0.4 is 9.64 Å². The largest absolute Gasteiger partial charge is 0.490 e. The van der Waals surface area contributed by atoms with E-state index >= 15 is 0 Å². The van der Waals surface area contributed by atoms with Crippen LogP contribution in [-0.4, -0.2) is 70.8 Å². The van der Waals surface area contributed by atoms with Gasteiger partial charge in [-0.1, -0.05) is 0 Å². The summed E-state index contributed by atoms with van der Waals surface area (Å²) in [6.45, 7) is 3.27. The monoisotopic (exact) mass is 722 g/mol. The number of carboxylic acids is 1. The number of rotatable bonds is 8. The third-order valence-electron chi connectivity index (χ3n) is 10.7. The van der Waals surface area contributed by atoms with Crippen LogP contribution in [0.1, 0.15) is 84.4 Å². The number of ether oxygens (including phenoxy) is 1. The summed E-state index contributed by atoms with van der Waals surface area (Å²) in [5.41, 5.74) is 6.27. The predicted molar refractivity (Wildman–Crippen MR) is 192 cm³/mol. The molecular formula is C39H40F2N8O4. The summed E-state index contributed by atoms with van der Waals surface area (Å²) >= 11 is 0. The zero-order valence-corrected chi connectivity index (χ0v) is 29.6. The van der Waals surface area contributed by atoms with Crippen LogP contribution in [0.15, 0.2) is 60.9 Å². The summed E-state index contributed by atoms with van der Waals surface area (Å²) in [7, 11) is 1.78. The second-order valence-corrected chi connectivity index (χ2v) is 14.1. The minimum atomic E-state index is -2.67. The summed E-state index contributed by atoms with van der Waals surface area (Å²) in [6.07, 6.45) is 6.43. The number of aromatic carboxylic acids is 1. The molecule has 8 rings (SSSR count). The molecule has 53 heavy (non-hydrogen) atoms. The maximum atomic E-state index is 14.6. The molecule has 0 radical (unpaired) electrons. The summed E-state index contributed by atoms with van der Waals surface area (Å²) in [5, 5.41) is 26.4. The van der Waals surface area contributed by atoms with Crippen LogP contribution in [0.2, 0.25) is 0 Å². The van der Waals surface area contributed by atoms with Gasteiger partial charge in [-0.3, -0.25) is 14.2 Å². The normalized spacial score (nSPS) is 18.5. The molecule has 0 spiro atoms. The highest BCUT2D eigenvalue weighted by atomic mass is 19.3. The van der Waals surface area contributed by atoms with E-state index < -0.39 is 12.4 Å². The highest BCUT2D eigenvalue weighted by molar-refractivity contribution is 5.85. The third-order valence-corrected chi connectivity index (χ3v) is 10.7. The Balaban J connectivity index is 1.03. The molecule has 1 saturated carbocycles. The third kappa shape index (κ3) is 6.73. The van der Waals surface area contributed by atoms with Gasteiger partial charge in [-0.05, 0) is 98.2 Å². The Kier molecular flexibility index (Phi) is 9.13. The van der Waals surface area contributed by atoms with Crippen molar-refractivity contribution >= 4 is 23.4 Å². The summed E-state index contributed by atoms with van der Waals surface area (Å²) in [4.78, 5) is 27.6. The van der Waals surface area contributed by atoms with Crippen molar-refractivity contribution in [3.8, 4) is 28.1 Å². The average molecular weight is 723 g/mol. The first kappa shape index (κ1) is 34.4. The lowest BCUT2D eigenvalue weighted by molar-refractivity contribution is -0.129. The number of aryl methyl sites for hydroxylation is 2. The minimum absolute atomic E-state index is 0.00389. The number of hydrogen-bond acceptors (Lipinski definition) is 8. The van der Waals surface area contributed by atoms with Crippen molar-refractivity contribution < 1.29 is 28.2 Å². The number of amides is 1. The number of anilines is 2. The number of benzene rings is 2. The first-order valence-corrected chi connectivity index (χ1v) is 18.0. The lowest BCUT2D eigenvalue weighted by Crippen LogP contribution is -2.36. The molecule has 5 heterocycles. The molecule has 1 aliphatic carbocycles. The number of fused-ring (bicyclic) bond motifs is 2. The number of nitrogens with zero attached hydrogens (tertiary/aromatic N) is 8. The SMILES string of the molecule is CC(=O)N1CCc2c(c(N3CCCc4cc(-c5cnn(C)c5)c(C(F)F)cc43)nn2C2CCC(Oc3ccc(-c4ccc(C(=O)O)nn4)cc3)CC2)C1. The Labute approximate surface area is 305 Å². The van der Waals surface area contributed by atoms with Gasteiger partial charge in [0.25, 0.3) is 6.43 Å². The van der Waals surface area contributed by atoms with Gasteiger partial charge >= 0.3 is 5.97 Å². The number of aromatic nitrogens is 6. The first-order valence-electron chi connectivity index (χ1n) is 18.0. The van der Waals surface area contributed by atoms with Gasteiger partial charge in [0.15, 0.2) is 11.5 Å². The van der Waals surface area contributed by atoms with Gasteiger partial charge in [0.1, 0.15) is 5.75 Å². The molecular weight excluding hydrogens is 682 g/mol. The lowest BCUT2D eigenvalue weighted by Gasteiger charge is -2.33. The fourth-order valence-corrected chi connectivity index (χ4v) is 7.98. The summed E-state index contributed by atoms with van der Waals surface area (Å²) in [5.74, 6) is 0.379. The van der Waals surface area contributed by atoms with Gasteiger partial charge in [-0.25, -0.2) is 13.6 Å². The Morgan fingerprint density at radius 2 is 1.75 bits per heavy atom. The molecule has 1 amide bonds. The highest BCUT2D eigenvalue weighted by Gasteiger charge is 2.35. The molecule has 274 valence electrons. The second-order valence-electron chi connectivity index (χ2n) is 14.1. The van der Waals surface area contributed by atoms with Crippen molar-refractivity contribution in [2.75, 3.05) is 18.0 Å². The van der Waals surface area contributed by atoms with Crippen molar-refractivity contribution in [1.29, 1.82) is 0 Å². The molecule has 12 nitrogen and oxygen atoms in total. The Hall–Kier alpha value is -5.66. The van der Waals surface area contributed by atoms with Gasteiger partial charge in [0, 0.05) is 73.3 Å². The summed E-state index contributed by atoms with van der Waals surface area (Å²) < 4.78 is 39.4. The molecule has 0 unspecified atom stereocenters. The maximum absolute atomic E-state index is 14.6. The number of carbonyl (C=O) groups is 2. The number of hydrogen-bond donors (Lipinski definition) is 1. The number of halogens is 2. The average Bonchev–Trinajstić information content (AvgIpc) is 3.78. The number of carbonyl (C=O) groups excluding carboxylic acids is 1. The standard InChI is InChI=1S/C39H40F2N8O4/c1-23(50)47-17-15-35-32(22-47)38(48-16-3-4-25-18-30(26-20-42-46(2)21-26)31(37(40)41)19-36(25)48)45-49(35)27-7-11-29(12-8-27)53-28-9-5-24(6-10-28)33-13-14-34(39(51)52)44-43-33/h5-6,9-10,13-14,18-21,27,29,37H,3-4,7-8,11-12,15-17,22H2,1-2H3,(H,51,52). The van der Waals surface area contributed by atoms with Crippen molar-refractivity contribution in [1.82, 2.24) is 34.7 Å². The van der Waals surface area contributed by atoms with E-state index in [-0.39, 0.29) is 29.3 Å². The van der Waals surface area contributed by atoms with Crippen molar-refractivity contribution in [3.63, 3.8) is 0 Å². The van der Waals surface area contributed by atoms with E-state index in [0.29, 0.717) is 42.9 Å². The molecule has 5 aromatic rings. The van der Waals surface area contributed by atoms with Crippen LogP contribution in [-0.2, 0) is 31.2 Å². The van der Waals surface area contributed by atoms with E-state index in [1.807, 2.05) is 35.2 Å². The van der Waals surface area contributed by atoms with E-state index in [9.17, 15) is 18.4 Å². The van der Waals surface area contributed by atoms with Crippen LogP contribution in [0.25, 0.3) is 22.4 Å². The van der Waals surface area contributed by atoms with Gasteiger partial charge in [0.05, 0.1) is 30.6 Å². The van der Waals surface area contributed by atoms with E-state index in [4.69, 9.17) is 14.9 Å². The van der Waals surface area contributed by atoms with Crippen LogP contribution >= 0.6 is 0 Å². The molecule has 1 N–H and O–H groups in total. The zero-order valence-electron chi connectivity index (χ0n) is 29.6. The van der Waals surface area contributed by atoms with E-state index in [2.05, 4.69) is 24.9 Å². The van der Waals surface area contributed by atoms with Gasteiger partial charge in [-0.15, -0.1) is 10.2 Å². The number of alkyl halides is 2. The zero-order chi connectivity index (χ0) is 36.8. The quantitative estimate of drug-likeness (QED) is 0.181. The number of carboxylic acid groups (broad SMARTS) is 1.